The van der Waals surface area contributed by atoms with E-state index in [9.17, 15) is 0 Å². The molecular formula is C18H25ClN2O. The predicted molar refractivity (Wildman–Crippen MR) is 93.2 cm³/mol. The lowest BCUT2D eigenvalue weighted by molar-refractivity contribution is 0.271. The van der Waals surface area contributed by atoms with Gasteiger partial charge in [-0.1, -0.05) is 13.8 Å². The molecule has 0 saturated heterocycles. The third-order valence-corrected chi connectivity index (χ3v) is 4.79. The zero-order valence-corrected chi connectivity index (χ0v) is 14.2. The van der Waals surface area contributed by atoms with Crippen molar-refractivity contribution in [2.45, 2.75) is 45.7 Å². The molecule has 0 saturated carbocycles. The number of aromatic nitrogens is 1. The summed E-state index contributed by atoms with van der Waals surface area (Å²) in [4.78, 5) is 0. The summed E-state index contributed by atoms with van der Waals surface area (Å²) in [6.45, 7) is 7.26. The van der Waals surface area contributed by atoms with E-state index in [0.29, 0.717) is 11.8 Å². The van der Waals surface area contributed by atoms with Gasteiger partial charge in [0, 0.05) is 29.1 Å². The van der Waals surface area contributed by atoms with E-state index in [0.717, 1.165) is 25.6 Å². The molecule has 1 aliphatic heterocycles. The monoisotopic (exact) mass is 320 g/mol. The van der Waals surface area contributed by atoms with Gasteiger partial charge >= 0.3 is 0 Å². The van der Waals surface area contributed by atoms with Crippen molar-refractivity contribution in [3.63, 3.8) is 0 Å². The summed E-state index contributed by atoms with van der Waals surface area (Å²) in [5, 5.41) is 4.98. The number of ether oxygens (including phenoxy) is 1. The number of hydrogen-bond donors (Lipinski definition) is 1. The molecule has 1 aliphatic carbocycles. The number of aryl methyl sites for hydroxylation is 1. The van der Waals surface area contributed by atoms with Gasteiger partial charge in [-0.2, -0.15) is 0 Å². The van der Waals surface area contributed by atoms with Crippen LogP contribution in [-0.4, -0.2) is 17.7 Å². The molecule has 4 heteroatoms. The van der Waals surface area contributed by atoms with Gasteiger partial charge in [0.2, 0.25) is 0 Å². The Bertz CT molecular complexity index is 675. The lowest BCUT2D eigenvalue weighted by atomic mass is 9.86. The van der Waals surface area contributed by atoms with E-state index in [1.54, 1.807) is 11.3 Å². The lowest BCUT2D eigenvalue weighted by Gasteiger charge is -2.30. The van der Waals surface area contributed by atoms with E-state index in [4.69, 9.17) is 4.74 Å². The molecule has 120 valence electrons. The fourth-order valence-corrected chi connectivity index (χ4v) is 3.89. The number of hydrogen-bond acceptors (Lipinski definition) is 2. The van der Waals surface area contributed by atoms with Crippen molar-refractivity contribution in [3.8, 4) is 5.75 Å². The number of halogens is 1. The lowest BCUT2D eigenvalue weighted by Crippen LogP contribution is -2.34. The zero-order valence-electron chi connectivity index (χ0n) is 13.4. The summed E-state index contributed by atoms with van der Waals surface area (Å²) in [5.41, 5.74) is 4.55. The molecule has 2 aliphatic rings. The molecule has 1 aromatic carbocycles. The first-order valence-corrected chi connectivity index (χ1v) is 8.22. The van der Waals surface area contributed by atoms with Crippen LogP contribution in [0.2, 0.25) is 0 Å². The third-order valence-electron chi connectivity index (χ3n) is 4.79. The Kier molecular flexibility index (Phi) is 4.37. The topological polar surface area (TPSA) is 26.2 Å². The smallest absolute Gasteiger partial charge is 0.120 e. The van der Waals surface area contributed by atoms with E-state index >= 15 is 0 Å². The van der Waals surface area contributed by atoms with Crippen molar-refractivity contribution in [1.29, 1.82) is 0 Å². The zero-order chi connectivity index (χ0) is 14.4. The number of fused-ring (bicyclic) bond motifs is 3. The summed E-state index contributed by atoms with van der Waals surface area (Å²) in [6.07, 6.45) is 3.87. The number of nitrogens with zero attached hydrogens (tertiary/aromatic N) is 1. The van der Waals surface area contributed by atoms with Crippen LogP contribution < -0.4 is 10.1 Å². The number of benzene rings is 1. The maximum atomic E-state index is 5.93. The van der Waals surface area contributed by atoms with Gasteiger partial charge in [-0.3, -0.25) is 5.32 Å². The van der Waals surface area contributed by atoms with Crippen LogP contribution in [0, 0.1) is 5.92 Å². The van der Waals surface area contributed by atoms with Gasteiger partial charge in [-0.05, 0) is 48.9 Å². The van der Waals surface area contributed by atoms with Crippen LogP contribution in [-0.2, 0) is 13.1 Å². The number of rotatable bonds is 3. The molecule has 1 aromatic heterocycles. The molecule has 1 unspecified atom stereocenters. The average Bonchev–Trinajstić information content (AvgIpc) is 2.82. The first kappa shape index (κ1) is 15.7. The standard InChI is InChI=1S/C18H24N2O.ClH/c1-12(2)10-21-14-6-7-17-16(8-14)15-5-3-4-13-9-19-11-20(17)18(13)15;/h6-8,12-13,19H,3-5,9-11H2,1-2H3;1H. The predicted octanol–water partition coefficient (Wildman–Crippen LogP) is 4.08. The van der Waals surface area contributed by atoms with Crippen molar-refractivity contribution in [1.82, 2.24) is 9.88 Å². The molecule has 0 radical (unpaired) electrons. The van der Waals surface area contributed by atoms with E-state index in [2.05, 4.69) is 41.9 Å². The van der Waals surface area contributed by atoms with Crippen LogP contribution >= 0.6 is 12.4 Å². The van der Waals surface area contributed by atoms with Crippen molar-refractivity contribution in [2.75, 3.05) is 13.2 Å². The molecule has 1 N–H and O–H groups in total. The van der Waals surface area contributed by atoms with Crippen molar-refractivity contribution < 1.29 is 4.74 Å². The quantitative estimate of drug-likeness (QED) is 0.922. The Hall–Kier alpha value is -1.19. The molecule has 4 rings (SSSR count). The van der Waals surface area contributed by atoms with Crippen LogP contribution in [0.25, 0.3) is 10.9 Å². The van der Waals surface area contributed by atoms with Gasteiger partial charge < -0.3 is 9.30 Å². The molecule has 0 fully saturated rings. The highest BCUT2D eigenvalue weighted by Gasteiger charge is 2.29. The molecule has 0 bridgehead atoms. The molecule has 1 atom stereocenters. The van der Waals surface area contributed by atoms with Gasteiger partial charge in [0.05, 0.1) is 13.3 Å². The minimum atomic E-state index is 0. The summed E-state index contributed by atoms with van der Waals surface area (Å²) < 4.78 is 8.42. The Morgan fingerprint density at radius 3 is 3.05 bits per heavy atom. The van der Waals surface area contributed by atoms with Crippen LogP contribution in [0.4, 0.5) is 0 Å². The first-order chi connectivity index (χ1) is 10.2. The van der Waals surface area contributed by atoms with Gasteiger partial charge in [-0.15, -0.1) is 12.4 Å². The fourth-order valence-electron chi connectivity index (χ4n) is 3.89. The van der Waals surface area contributed by atoms with Crippen molar-refractivity contribution in [2.24, 2.45) is 5.92 Å². The minimum absolute atomic E-state index is 0. The largest absolute Gasteiger partial charge is 0.493 e. The Balaban J connectivity index is 0.00000144. The minimum Gasteiger partial charge on any atom is -0.493 e. The maximum Gasteiger partial charge on any atom is 0.120 e. The van der Waals surface area contributed by atoms with Crippen LogP contribution in [0.15, 0.2) is 18.2 Å². The van der Waals surface area contributed by atoms with Gasteiger partial charge in [0.25, 0.3) is 0 Å². The van der Waals surface area contributed by atoms with E-state index in [-0.39, 0.29) is 12.4 Å². The first-order valence-electron chi connectivity index (χ1n) is 8.22. The maximum absolute atomic E-state index is 5.93. The Morgan fingerprint density at radius 1 is 1.36 bits per heavy atom. The summed E-state index contributed by atoms with van der Waals surface area (Å²) in [5.74, 6) is 2.29. The highest BCUT2D eigenvalue weighted by atomic mass is 35.5. The van der Waals surface area contributed by atoms with Crippen molar-refractivity contribution in [3.05, 3.63) is 29.5 Å². The molecule has 3 nitrogen and oxygen atoms in total. The highest BCUT2D eigenvalue weighted by Crippen LogP contribution is 2.40. The third kappa shape index (κ3) is 2.50. The molecule has 22 heavy (non-hydrogen) atoms. The molecule has 2 aromatic rings. The molecular weight excluding hydrogens is 296 g/mol. The SMILES string of the molecule is CC(C)COc1ccc2c(c1)c1c3n2CNCC3CCC1.Cl. The summed E-state index contributed by atoms with van der Waals surface area (Å²) in [6, 6.07) is 6.64. The number of nitrogens with one attached hydrogen (secondary N) is 1. The summed E-state index contributed by atoms with van der Waals surface area (Å²) in [7, 11) is 0. The summed E-state index contributed by atoms with van der Waals surface area (Å²) >= 11 is 0. The van der Waals surface area contributed by atoms with Crippen molar-refractivity contribution >= 4 is 23.3 Å². The molecule has 0 spiro atoms. The van der Waals surface area contributed by atoms with Gasteiger partial charge in [-0.25, -0.2) is 0 Å². The van der Waals surface area contributed by atoms with Crippen LogP contribution in [0.3, 0.4) is 0 Å². The molecule has 2 heterocycles. The Morgan fingerprint density at radius 2 is 2.23 bits per heavy atom. The molecule has 0 amide bonds. The van der Waals surface area contributed by atoms with Gasteiger partial charge in [0.15, 0.2) is 0 Å². The van der Waals surface area contributed by atoms with Crippen LogP contribution in [0.5, 0.6) is 5.75 Å². The highest BCUT2D eigenvalue weighted by molar-refractivity contribution is 5.87. The second-order valence-electron chi connectivity index (χ2n) is 6.88. The van der Waals surface area contributed by atoms with Gasteiger partial charge in [0.1, 0.15) is 5.75 Å². The van der Waals surface area contributed by atoms with E-state index in [1.165, 1.54) is 30.2 Å². The second-order valence-corrected chi connectivity index (χ2v) is 6.88. The normalized spacial score (nSPS) is 19.9. The van der Waals surface area contributed by atoms with E-state index in [1.807, 2.05) is 0 Å². The van der Waals surface area contributed by atoms with Crippen LogP contribution in [0.1, 0.15) is 43.9 Å². The fraction of sp³-hybridized carbons (Fsp3) is 0.556. The van der Waals surface area contributed by atoms with E-state index < -0.39 is 0 Å². The average molecular weight is 321 g/mol. The Labute approximate surface area is 138 Å². The second kappa shape index (κ2) is 6.13.